The fourth-order valence-corrected chi connectivity index (χ4v) is 3.73. The van der Waals surface area contributed by atoms with Crippen molar-refractivity contribution in [1.82, 2.24) is 15.1 Å². The Morgan fingerprint density at radius 1 is 0.879 bits per heavy atom. The number of carbonyl (C=O) groups excluding carboxylic acids is 3. The number of methoxy groups -OCH3 is 1. The molecule has 2 amide bonds. The summed E-state index contributed by atoms with van der Waals surface area (Å²) < 4.78 is 4.93. The number of amides is 2. The first-order chi connectivity index (χ1) is 16.1. The second-order valence-corrected chi connectivity index (χ2v) is 8.00. The van der Waals surface area contributed by atoms with E-state index >= 15 is 0 Å². The van der Waals surface area contributed by atoms with Gasteiger partial charge in [0, 0.05) is 63.9 Å². The number of rotatable bonds is 11. The van der Waals surface area contributed by atoms with E-state index in [2.05, 4.69) is 20.4 Å². The van der Waals surface area contributed by atoms with E-state index in [1.165, 1.54) is 0 Å². The molecule has 8 nitrogen and oxygen atoms in total. The summed E-state index contributed by atoms with van der Waals surface area (Å²) in [6.07, 6.45) is 0.339. The van der Waals surface area contributed by atoms with E-state index in [0.29, 0.717) is 49.5 Å². The molecule has 0 saturated carbocycles. The molecule has 1 heterocycles. The Morgan fingerprint density at radius 2 is 1.55 bits per heavy atom. The fraction of sp³-hybridized carbons (Fsp3) is 0.400. The molecule has 2 N–H and O–H groups in total. The zero-order valence-electron chi connectivity index (χ0n) is 19.1. The predicted octanol–water partition coefficient (Wildman–Crippen LogP) is 1.63. The van der Waals surface area contributed by atoms with Crippen molar-refractivity contribution in [1.29, 1.82) is 0 Å². The second kappa shape index (κ2) is 12.8. The van der Waals surface area contributed by atoms with Gasteiger partial charge in [-0.05, 0) is 12.1 Å². The molecule has 0 radical (unpaired) electrons. The largest absolute Gasteiger partial charge is 0.383 e. The topological polar surface area (TPSA) is 91.0 Å². The molecule has 2 aromatic rings. The second-order valence-electron chi connectivity index (χ2n) is 8.00. The van der Waals surface area contributed by atoms with Gasteiger partial charge in [0.15, 0.2) is 5.78 Å². The van der Waals surface area contributed by atoms with Crippen LogP contribution in [0.3, 0.4) is 0 Å². The van der Waals surface area contributed by atoms with E-state index in [4.69, 9.17) is 4.74 Å². The van der Waals surface area contributed by atoms with Crippen molar-refractivity contribution in [3.8, 4) is 0 Å². The molecule has 8 heteroatoms. The number of para-hydroxylation sites is 1. The normalized spacial score (nSPS) is 14.6. The Morgan fingerprint density at radius 3 is 2.27 bits per heavy atom. The number of benzene rings is 2. The van der Waals surface area contributed by atoms with Crippen molar-refractivity contribution in [3.05, 3.63) is 65.7 Å². The van der Waals surface area contributed by atoms with Crippen LogP contribution in [0.1, 0.15) is 22.3 Å². The molecule has 1 fully saturated rings. The van der Waals surface area contributed by atoms with Crippen LogP contribution in [0, 0.1) is 0 Å². The summed E-state index contributed by atoms with van der Waals surface area (Å²) in [5, 5.41) is 5.73. The summed E-state index contributed by atoms with van der Waals surface area (Å²) in [6.45, 7) is 5.22. The van der Waals surface area contributed by atoms with Gasteiger partial charge in [-0.25, -0.2) is 0 Å². The minimum atomic E-state index is -0.122. The number of nitrogens with zero attached hydrogens (tertiary/aromatic N) is 2. The summed E-state index contributed by atoms with van der Waals surface area (Å²) in [4.78, 5) is 41.7. The van der Waals surface area contributed by atoms with Crippen LogP contribution in [0.15, 0.2) is 54.6 Å². The van der Waals surface area contributed by atoms with Gasteiger partial charge < -0.3 is 20.3 Å². The third kappa shape index (κ3) is 7.78. The van der Waals surface area contributed by atoms with Gasteiger partial charge in [-0.15, -0.1) is 0 Å². The highest BCUT2D eigenvalue weighted by molar-refractivity contribution is 6.13. The zero-order chi connectivity index (χ0) is 23.5. The van der Waals surface area contributed by atoms with E-state index in [9.17, 15) is 14.4 Å². The van der Waals surface area contributed by atoms with Crippen molar-refractivity contribution < 1.29 is 19.1 Å². The summed E-state index contributed by atoms with van der Waals surface area (Å²) >= 11 is 0. The van der Waals surface area contributed by atoms with E-state index in [1.54, 1.807) is 37.4 Å². The molecular weight excluding hydrogens is 420 g/mol. The van der Waals surface area contributed by atoms with Crippen molar-refractivity contribution >= 4 is 23.3 Å². The van der Waals surface area contributed by atoms with E-state index in [1.807, 2.05) is 24.3 Å². The number of hydrogen-bond acceptors (Lipinski definition) is 6. The minimum absolute atomic E-state index is 0.00333. The Bertz CT molecular complexity index is 927. The van der Waals surface area contributed by atoms with Crippen molar-refractivity contribution in [2.45, 2.75) is 6.42 Å². The van der Waals surface area contributed by atoms with Gasteiger partial charge in [-0.1, -0.05) is 42.5 Å². The van der Waals surface area contributed by atoms with Crippen LogP contribution >= 0.6 is 0 Å². The smallest absolute Gasteiger partial charge is 0.234 e. The number of hydrogen-bond donors (Lipinski definition) is 2. The summed E-state index contributed by atoms with van der Waals surface area (Å²) in [6, 6.07) is 16.1. The molecule has 1 aliphatic heterocycles. The number of carbonyl (C=O) groups is 3. The maximum Gasteiger partial charge on any atom is 0.234 e. The predicted molar refractivity (Wildman–Crippen MR) is 127 cm³/mol. The van der Waals surface area contributed by atoms with Crippen LogP contribution in [-0.4, -0.2) is 86.9 Å². The first-order valence-electron chi connectivity index (χ1n) is 11.3. The number of ether oxygens (including phenoxy) is 1. The Hall–Kier alpha value is -3.07. The van der Waals surface area contributed by atoms with Gasteiger partial charge in [-0.3, -0.25) is 19.3 Å². The lowest BCUT2D eigenvalue weighted by atomic mass is 10.0. The number of ketones is 1. The van der Waals surface area contributed by atoms with Crippen LogP contribution in [0.2, 0.25) is 0 Å². The molecule has 176 valence electrons. The highest BCUT2D eigenvalue weighted by Crippen LogP contribution is 2.19. The Labute approximate surface area is 194 Å². The molecule has 1 aliphatic rings. The molecule has 0 aromatic heterocycles. The van der Waals surface area contributed by atoms with Crippen LogP contribution in [0.5, 0.6) is 0 Å². The maximum absolute atomic E-state index is 12.8. The van der Waals surface area contributed by atoms with Crippen molar-refractivity contribution in [2.75, 3.05) is 64.8 Å². The molecule has 0 unspecified atom stereocenters. The number of nitrogens with one attached hydrogen (secondary N) is 2. The standard InChI is InChI=1S/C25H32N4O4/c1-33-18-12-26-24(31)19-29-16-14-28(15-17-29)13-11-23(30)27-22-10-6-5-9-21(22)25(32)20-7-3-2-4-8-20/h2-10H,11-19H2,1H3,(H,26,31)(H,27,30). The first-order valence-corrected chi connectivity index (χ1v) is 11.3. The lowest BCUT2D eigenvalue weighted by molar-refractivity contribution is -0.122. The summed E-state index contributed by atoms with van der Waals surface area (Å²) in [7, 11) is 1.61. The first kappa shape index (κ1) is 24.6. The molecule has 0 atom stereocenters. The number of piperazine rings is 1. The van der Waals surface area contributed by atoms with E-state index in [0.717, 1.165) is 26.2 Å². The molecule has 3 rings (SSSR count). The molecule has 0 spiro atoms. The minimum Gasteiger partial charge on any atom is -0.383 e. The molecule has 0 bridgehead atoms. The van der Waals surface area contributed by atoms with Crippen LogP contribution in [-0.2, 0) is 14.3 Å². The van der Waals surface area contributed by atoms with E-state index in [-0.39, 0.29) is 17.6 Å². The van der Waals surface area contributed by atoms with Crippen LogP contribution in [0.25, 0.3) is 0 Å². The number of anilines is 1. The Balaban J connectivity index is 1.43. The summed E-state index contributed by atoms with van der Waals surface area (Å²) in [5.74, 6) is -0.235. The lowest BCUT2D eigenvalue weighted by Crippen LogP contribution is -2.50. The monoisotopic (exact) mass is 452 g/mol. The SMILES string of the molecule is COCCNC(=O)CN1CCN(CCC(=O)Nc2ccccc2C(=O)c2ccccc2)CC1. The average molecular weight is 453 g/mol. The molecular formula is C25H32N4O4. The summed E-state index contributed by atoms with van der Waals surface area (Å²) in [5.41, 5.74) is 1.60. The molecule has 33 heavy (non-hydrogen) atoms. The molecule has 1 saturated heterocycles. The third-order valence-corrected chi connectivity index (χ3v) is 5.60. The fourth-order valence-electron chi connectivity index (χ4n) is 3.73. The van der Waals surface area contributed by atoms with Gasteiger partial charge in [0.05, 0.1) is 18.8 Å². The lowest BCUT2D eigenvalue weighted by Gasteiger charge is -2.34. The quantitative estimate of drug-likeness (QED) is 0.398. The van der Waals surface area contributed by atoms with Gasteiger partial charge >= 0.3 is 0 Å². The van der Waals surface area contributed by atoms with Gasteiger partial charge in [-0.2, -0.15) is 0 Å². The van der Waals surface area contributed by atoms with Crippen LogP contribution in [0.4, 0.5) is 5.69 Å². The van der Waals surface area contributed by atoms with Gasteiger partial charge in [0.2, 0.25) is 11.8 Å². The maximum atomic E-state index is 12.8. The molecule has 2 aromatic carbocycles. The van der Waals surface area contributed by atoms with Crippen LogP contribution < -0.4 is 10.6 Å². The van der Waals surface area contributed by atoms with Crippen molar-refractivity contribution in [2.24, 2.45) is 0 Å². The molecule has 0 aliphatic carbocycles. The average Bonchev–Trinajstić information content (AvgIpc) is 2.84. The zero-order valence-corrected chi connectivity index (χ0v) is 19.1. The van der Waals surface area contributed by atoms with Gasteiger partial charge in [0.25, 0.3) is 0 Å². The van der Waals surface area contributed by atoms with Gasteiger partial charge in [0.1, 0.15) is 0 Å². The Kier molecular flexibility index (Phi) is 9.56. The highest BCUT2D eigenvalue weighted by atomic mass is 16.5. The highest BCUT2D eigenvalue weighted by Gasteiger charge is 2.20. The van der Waals surface area contributed by atoms with E-state index < -0.39 is 0 Å². The third-order valence-electron chi connectivity index (χ3n) is 5.60. The van der Waals surface area contributed by atoms with Crippen molar-refractivity contribution in [3.63, 3.8) is 0 Å².